The summed E-state index contributed by atoms with van der Waals surface area (Å²) in [6, 6.07) is 0. The van der Waals surface area contributed by atoms with Gasteiger partial charge in [0.25, 0.3) is 0 Å². The normalized spacial score (nSPS) is 15.4. The van der Waals surface area contributed by atoms with E-state index in [0.29, 0.717) is 0 Å². The van der Waals surface area contributed by atoms with Crippen LogP contribution in [0.5, 0.6) is 0 Å². The van der Waals surface area contributed by atoms with Crippen LogP contribution in [0.3, 0.4) is 0 Å². The van der Waals surface area contributed by atoms with Gasteiger partial charge in [0.2, 0.25) is 11.7 Å². The second-order valence-electron chi connectivity index (χ2n) is 2.07. The minimum Gasteiger partial charge on any atom is -0.201 e. The molecule has 0 aliphatic rings. The summed E-state index contributed by atoms with van der Waals surface area (Å²) in [6.45, 7) is 0. The largest absolute Gasteiger partial charge is 0.347 e. The monoisotopic (exact) mass is 256 g/mol. The first kappa shape index (κ1) is 14.0. The first-order valence-corrected chi connectivity index (χ1v) is 5.56. The van der Waals surface area contributed by atoms with Crippen molar-refractivity contribution in [1.29, 1.82) is 0 Å². The molecular weight excluding hydrogens is 250 g/mol. The highest BCUT2D eigenvalue weighted by Crippen LogP contribution is 2.44. The molecule has 0 aliphatic carbocycles. The van der Waals surface area contributed by atoms with Crippen molar-refractivity contribution in [2.24, 2.45) is 0 Å². The van der Waals surface area contributed by atoms with Gasteiger partial charge in [-0.05, 0) is 12.5 Å². The van der Waals surface area contributed by atoms with Gasteiger partial charge in [0.1, 0.15) is 0 Å². The van der Waals surface area contributed by atoms with E-state index >= 15 is 0 Å². The van der Waals surface area contributed by atoms with Gasteiger partial charge in [-0.3, -0.25) is 0 Å². The third-order valence-corrected chi connectivity index (χ3v) is 2.60. The second-order valence-corrected chi connectivity index (χ2v) is 3.91. The van der Waals surface area contributed by atoms with Gasteiger partial charge in [0.15, 0.2) is 0 Å². The van der Waals surface area contributed by atoms with Gasteiger partial charge in [-0.25, -0.2) is 8.78 Å². The molecule has 0 saturated carbocycles. The molecule has 0 fully saturated rings. The third-order valence-electron chi connectivity index (χ3n) is 1.22. The molecule has 14 heavy (non-hydrogen) atoms. The van der Waals surface area contributed by atoms with E-state index < -0.39 is 22.2 Å². The number of thioether (sulfide) groups is 2. The lowest BCUT2D eigenvalue weighted by atomic mass is 10.4. The van der Waals surface area contributed by atoms with E-state index in [4.69, 9.17) is 0 Å². The van der Waals surface area contributed by atoms with Crippen LogP contribution in [0.1, 0.15) is 0 Å². The van der Waals surface area contributed by atoms with Crippen LogP contribution in [0, 0.1) is 0 Å². The van der Waals surface area contributed by atoms with Gasteiger partial charge in [-0.1, -0.05) is 23.5 Å². The molecule has 0 aromatic carbocycles. The molecule has 0 radical (unpaired) electrons. The molecule has 0 aromatic heterocycles. The number of hydrogen-bond acceptors (Lipinski definition) is 2. The molecule has 0 nitrogen and oxygen atoms in total. The summed E-state index contributed by atoms with van der Waals surface area (Å²) < 4.78 is 74.6. The molecular formula is C6H6F6S2. The van der Waals surface area contributed by atoms with E-state index in [9.17, 15) is 26.3 Å². The molecule has 0 aliphatic heterocycles. The Morgan fingerprint density at radius 1 is 0.786 bits per heavy atom. The lowest BCUT2D eigenvalue weighted by Crippen LogP contribution is -2.19. The van der Waals surface area contributed by atoms with Gasteiger partial charge >= 0.3 is 10.5 Å². The highest BCUT2D eigenvalue weighted by atomic mass is 32.2. The lowest BCUT2D eigenvalue weighted by Gasteiger charge is -2.15. The van der Waals surface area contributed by atoms with Crippen LogP contribution in [0.15, 0.2) is 11.7 Å². The highest BCUT2D eigenvalue weighted by molar-refractivity contribution is 8.00. The van der Waals surface area contributed by atoms with E-state index in [2.05, 4.69) is 0 Å². The molecule has 0 heterocycles. The highest BCUT2D eigenvalue weighted by Gasteiger charge is 2.46. The maximum atomic E-state index is 12.5. The quantitative estimate of drug-likeness (QED) is 0.696. The molecule has 0 aromatic rings. The van der Waals surface area contributed by atoms with E-state index in [1.54, 1.807) is 0 Å². The molecule has 0 unspecified atom stereocenters. The van der Waals surface area contributed by atoms with Gasteiger partial charge in [0.05, 0.1) is 0 Å². The first-order chi connectivity index (χ1) is 6.19. The predicted molar refractivity (Wildman–Crippen MR) is 46.2 cm³/mol. The average Bonchev–Trinajstić information content (AvgIpc) is 2.15. The van der Waals surface area contributed by atoms with Gasteiger partial charge in [-0.15, -0.1) is 0 Å². The average molecular weight is 256 g/mol. The van der Waals surface area contributed by atoms with Gasteiger partial charge in [0, 0.05) is 0 Å². The fraction of sp³-hybridized carbons (Fsp3) is 0.667. The summed E-state index contributed by atoms with van der Waals surface area (Å²) >= 11 is -0.717. The molecule has 0 amide bonds. The minimum atomic E-state index is -4.26. The van der Waals surface area contributed by atoms with E-state index in [-0.39, 0.29) is 23.5 Å². The topological polar surface area (TPSA) is 0 Å². The summed E-state index contributed by atoms with van der Waals surface area (Å²) in [5.74, 6) is -5.46. The van der Waals surface area contributed by atoms with Crippen molar-refractivity contribution in [2.75, 3.05) is 12.5 Å². The molecule has 0 bridgehead atoms. The van der Waals surface area contributed by atoms with Crippen molar-refractivity contribution >= 4 is 23.5 Å². The summed E-state index contributed by atoms with van der Waals surface area (Å²) in [4.78, 5) is 0. The van der Waals surface area contributed by atoms with Crippen LogP contribution in [0.2, 0.25) is 0 Å². The Labute approximate surface area is 85.1 Å². The Bertz CT molecular complexity index is 212. The molecule has 0 N–H and O–H groups in total. The van der Waals surface area contributed by atoms with E-state index in [1.807, 2.05) is 0 Å². The fourth-order valence-electron chi connectivity index (χ4n) is 0.435. The van der Waals surface area contributed by atoms with Crippen LogP contribution in [0.4, 0.5) is 26.3 Å². The van der Waals surface area contributed by atoms with Crippen LogP contribution in [-0.4, -0.2) is 23.0 Å². The summed E-state index contributed by atoms with van der Waals surface area (Å²) in [5, 5.41) is -8.52. The molecule has 0 atom stereocenters. The smallest absolute Gasteiger partial charge is 0.201 e. The standard InChI is InChI=1S/C6H6F6S2/c1-13-5(9,10)3(7)4(8)6(11,12)14-2/h1-2H3/b4-3+. The lowest BCUT2D eigenvalue weighted by molar-refractivity contribution is 0.0793. The maximum absolute atomic E-state index is 12.5. The fourth-order valence-corrected chi connectivity index (χ4v) is 0.972. The Morgan fingerprint density at radius 3 is 1.14 bits per heavy atom. The summed E-state index contributed by atoms with van der Waals surface area (Å²) in [6.07, 6.45) is 1.56. The summed E-state index contributed by atoms with van der Waals surface area (Å²) in [5.41, 5.74) is 0. The molecule has 0 spiro atoms. The zero-order chi connectivity index (χ0) is 11.6. The van der Waals surface area contributed by atoms with Crippen molar-refractivity contribution in [2.45, 2.75) is 10.5 Å². The summed E-state index contributed by atoms with van der Waals surface area (Å²) in [7, 11) is 0. The Morgan fingerprint density at radius 2 is 1.00 bits per heavy atom. The minimum absolute atomic E-state index is 0.359. The Balaban J connectivity index is 5.12. The molecule has 84 valence electrons. The second kappa shape index (κ2) is 4.69. The van der Waals surface area contributed by atoms with E-state index in [1.165, 1.54) is 0 Å². The zero-order valence-electron chi connectivity index (χ0n) is 7.08. The van der Waals surface area contributed by atoms with Gasteiger partial charge < -0.3 is 0 Å². The number of hydrogen-bond donors (Lipinski definition) is 0. The van der Waals surface area contributed by atoms with Crippen molar-refractivity contribution in [1.82, 2.24) is 0 Å². The van der Waals surface area contributed by atoms with Crippen molar-refractivity contribution in [3.8, 4) is 0 Å². The zero-order valence-corrected chi connectivity index (χ0v) is 8.72. The molecule has 8 heteroatoms. The van der Waals surface area contributed by atoms with Gasteiger partial charge in [-0.2, -0.15) is 17.6 Å². The number of halogens is 6. The van der Waals surface area contributed by atoms with Crippen LogP contribution in [-0.2, 0) is 0 Å². The Kier molecular flexibility index (Phi) is 4.70. The first-order valence-electron chi connectivity index (χ1n) is 3.11. The predicted octanol–water partition coefficient (Wildman–Crippen LogP) is 4.05. The molecule has 0 saturated heterocycles. The SMILES string of the molecule is CSC(F)(F)/C(F)=C(\F)C(F)(F)SC. The van der Waals surface area contributed by atoms with Crippen LogP contribution >= 0.6 is 23.5 Å². The maximum Gasteiger partial charge on any atom is 0.347 e. The van der Waals surface area contributed by atoms with E-state index in [0.717, 1.165) is 12.5 Å². The van der Waals surface area contributed by atoms with Crippen molar-refractivity contribution < 1.29 is 26.3 Å². The van der Waals surface area contributed by atoms with Crippen molar-refractivity contribution in [3.05, 3.63) is 11.7 Å². The number of alkyl halides is 4. The number of rotatable bonds is 4. The third kappa shape index (κ3) is 3.01. The van der Waals surface area contributed by atoms with Crippen LogP contribution < -0.4 is 0 Å². The Hall–Kier alpha value is 0.0200. The van der Waals surface area contributed by atoms with Crippen LogP contribution in [0.25, 0.3) is 0 Å². The van der Waals surface area contributed by atoms with Crippen molar-refractivity contribution in [3.63, 3.8) is 0 Å². The molecule has 0 rings (SSSR count).